The van der Waals surface area contributed by atoms with E-state index in [0.717, 1.165) is 24.8 Å². The van der Waals surface area contributed by atoms with Crippen molar-refractivity contribution in [3.05, 3.63) is 21.6 Å². The molecule has 1 aromatic heterocycles. The molecule has 0 aromatic carbocycles. The molecule has 5 aliphatic rings. The highest BCUT2D eigenvalue weighted by Crippen LogP contribution is 2.53. The Hall–Kier alpha value is -1.76. The monoisotopic (exact) mass is 391 g/mol. The minimum atomic E-state index is -0.384. The van der Waals surface area contributed by atoms with Crippen molar-refractivity contribution in [3.8, 4) is 0 Å². The summed E-state index contributed by atoms with van der Waals surface area (Å²) in [6.45, 7) is 1.38. The van der Waals surface area contributed by atoms with Gasteiger partial charge in [0.25, 0.3) is 5.56 Å². The standard InChI is InChI=1S/C19H26ClN5O2/c20-16-15(8-21-24-18(16)26)25-2-1-14(9-25)22-19(27)23-17-12-4-10-3-11(6-12)7-13(17)5-10/h8,10-14,17H,1-7,9H2,(H,24,26)(H2,22,23,27). The van der Waals surface area contributed by atoms with Crippen molar-refractivity contribution < 1.29 is 4.79 Å². The van der Waals surface area contributed by atoms with Gasteiger partial charge in [0, 0.05) is 25.2 Å². The Labute approximate surface area is 163 Å². The van der Waals surface area contributed by atoms with Gasteiger partial charge in [-0.25, -0.2) is 9.89 Å². The van der Waals surface area contributed by atoms with Crippen LogP contribution in [0.15, 0.2) is 11.0 Å². The average molecular weight is 392 g/mol. The fourth-order valence-electron chi connectivity index (χ4n) is 6.23. The second-order valence-corrected chi connectivity index (χ2v) is 9.28. The van der Waals surface area contributed by atoms with E-state index in [4.69, 9.17) is 11.6 Å². The largest absolute Gasteiger partial charge is 0.367 e. The lowest BCUT2D eigenvalue weighted by Crippen LogP contribution is -2.58. The zero-order valence-electron chi connectivity index (χ0n) is 15.3. The van der Waals surface area contributed by atoms with Crippen molar-refractivity contribution in [1.82, 2.24) is 20.8 Å². The first-order chi connectivity index (χ1) is 13.1. The van der Waals surface area contributed by atoms with Gasteiger partial charge in [-0.1, -0.05) is 11.6 Å². The van der Waals surface area contributed by atoms with Crippen LogP contribution in [-0.2, 0) is 0 Å². The second-order valence-electron chi connectivity index (χ2n) is 8.90. The molecule has 3 N–H and O–H groups in total. The molecular weight excluding hydrogens is 366 g/mol. The number of anilines is 1. The molecule has 4 bridgehead atoms. The van der Waals surface area contributed by atoms with E-state index in [9.17, 15) is 9.59 Å². The van der Waals surface area contributed by atoms with Gasteiger partial charge < -0.3 is 15.5 Å². The molecule has 6 rings (SSSR count). The van der Waals surface area contributed by atoms with Crippen molar-refractivity contribution in [2.45, 2.75) is 50.6 Å². The first kappa shape index (κ1) is 17.3. The Kier molecular flexibility index (Phi) is 4.30. The van der Waals surface area contributed by atoms with Crippen LogP contribution >= 0.6 is 11.6 Å². The van der Waals surface area contributed by atoms with Crippen LogP contribution in [0.3, 0.4) is 0 Å². The summed E-state index contributed by atoms with van der Waals surface area (Å²) in [6, 6.07) is 0.355. The third kappa shape index (κ3) is 3.20. The quantitative estimate of drug-likeness (QED) is 0.736. The number of hydrogen-bond acceptors (Lipinski definition) is 4. The minimum absolute atomic E-state index is 0.0468. The van der Waals surface area contributed by atoms with Crippen molar-refractivity contribution in [2.75, 3.05) is 18.0 Å². The Morgan fingerprint density at radius 1 is 1.15 bits per heavy atom. The first-order valence-electron chi connectivity index (χ1n) is 10.1. The molecule has 1 aromatic rings. The summed E-state index contributed by atoms with van der Waals surface area (Å²) in [6.07, 6.45) is 9.00. The van der Waals surface area contributed by atoms with E-state index in [1.54, 1.807) is 6.20 Å². The Morgan fingerprint density at radius 3 is 2.56 bits per heavy atom. The molecule has 146 valence electrons. The number of amides is 2. The smallest absolute Gasteiger partial charge is 0.315 e. The number of aromatic nitrogens is 2. The molecule has 4 saturated carbocycles. The molecule has 1 aliphatic heterocycles. The van der Waals surface area contributed by atoms with Gasteiger partial charge in [-0.2, -0.15) is 5.10 Å². The number of urea groups is 1. The number of nitrogens with one attached hydrogen (secondary N) is 3. The normalized spacial score (nSPS) is 36.9. The summed E-state index contributed by atoms with van der Waals surface area (Å²) < 4.78 is 0. The highest BCUT2D eigenvalue weighted by molar-refractivity contribution is 6.33. The van der Waals surface area contributed by atoms with Gasteiger partial charge in [0.2, 0.25) is 0 Å². The van der Waals surface area contributed by atoms with Crippen LogP contribution in [0.25, 0.3) is 0 Å². The third-order valence-corrected chi connectivity index (χ3v) is 7.53. The van der Waals surface area contributed by atoms with E-state index in [2.05, 4.69) is 20.8 Å². The van der Waals surface area contributed by atoms with Crippen molar-refractivity contribution >= 4 is 23.3 Å². The van der Waals surface area contributed by atoms with Crippen LogP contribution in [-0.4, -0.2) is 41.4 Å². The molecule has 0 radical (unpaired) electrons. The molecule has 8 heteroatoms. The van der Waals surface area contributed by atoms with E-state index >= 15 is 0 Å². The number of rotatable bonds is 3. The summed E-state index contributed by atoms with van der Waals surface area (Å²) >= 11 is 6.10. The van der Waals surface area contributed by atoms with Crippen molar-refractivity contribution in [2.24, 2.45) is 23.7 Å². The molecule has 2 heterocycles. The fourth-order valence-corrected chi connectivity index (χ4v) is 6.44. The van der Waals surface area contributed by atoms with Gasteiger partial charge in [0.15, 0.2) is 0 Å². The zero-order valence-corrected chi connectivity index (χ0v) is 16.0. The molecule has 7 nitrogen and oxygen atoms in total. The number of halogens is 1. The summed E-state index contributed by atoms with van der Waals surface area (Å²) in [5, 5.41) is 12.8. The molecule has 4 aliphatic carbocycles. The van der Waals surface area contributed by atoms with E-state index in [1.165, 1.54) is 32.1 Å². The van der Waals surface area contributed by atoms with Gasteiger partial charge in [-0.05, 0) is 62.2 Å². The number of aromatic amines is 1. The molecule has 1 unspecified atom stereocenters. The molecule has 1 saturated heterocycles. The topological polar surface area (TPSA) is 90.1 Å². The van der Waals surface area contributed by atoms with E-state index in [-0.39, 0.29) is 22.7 Å². The van der Waals surface area contributed by atoms with E-state index < -0.39 is 0 Å². The van der Waals surface area contributed by atoms with Crippen molar-refractivity contribution in [3.63, 3.8) is 0 Å². The lowest BCUT2D eigenvalue weighted by atomic mass is 9.54. The van der Waals surface area contributed by atoms with Crippen LogP contribution in [0.2, 0.25) is 5.02 Å². The third-order valence-electron chi connectivity index (χ3n) is 7.17. The van der Waals surface area contributed by atoms with E-state index in [1.807, 2.05) is 4.90 Å². The Bertz CT molecular complexity index is 769. The second kappa shape index (κ2) is 6.69. The Balaban J connectivity index is 1.18. The minimum Gasteiger partial charge on any atom is -0.367 e. The van der Waals surface area contributed by atoms with Crippen molar-refractivity contribution in [1.29, 1.82) is 0 Å². The van der Waals surface area contributed by atoms with Crippen LogP contribution in [0.4, 0.5) is 10.5 Å². The van der Waals surface area contributed by atoms with E-state index in [0.29, 0.717) is 30.1 Å². The number of hydrogen-bond donors (Lipinski definition) is 3. The predicted octanol–water partition coefficient (Wildman–Crippen LogP) is 2.13. The van der Waals surface area contributed by atoms with Crippen LogP contribution in [0, 0.1) is 23.7 Å². The fraction of sp³-hybridized carbons (Fsp3) is 0.737. The lowest BCUT2D eigenvalue weighted by molar-refractivity contribution is -0.00949. The number of nitrogens with zero attached hydrogens (tertiary/aromatic N) is 2. The number of H-pyrrole nitrogens is 1. The zero-order chi connectivity index (χ0) is 18.5. The highest BCUT2D eigenvalue weighted by atomic mass is 35.5. The Morgan fingerprint density at radius 2 is 1.85 bits per heavy atom. The number of carbonyl (C=O) groups is 1. The predicted molar refractivity (Wildman–Crippen MR) is 103 cm³/mol. The van der Waals surface area contributed by atoms with Crippen LogP contribution in [0.1, 0.15) is 38.5 Å². The first-order valence-corrected chi connectivity index (χ1v) is 10.5. The maximum atomic E-state index is 12.6. The number of carbonyl (C=O) groups excluding carboxylic acids is 1. The van der Waals surface area contributed by atoms with Gasteiger partial charge in [-0.3, -0.25) is 4.79 Å². The highest BCUT2D eigenvalue weighted by Gasteiger charge is 2.48. The molecule has 2 amide bonds. The molecule has 5 fully saturated rings. The van der Waals surface area contributed by atoms with Crippen LogP contribution < -0.4 is 21.1 Å². The summed E-state index contributed by atoms with van der Waals surface area (Å²) in [5.74, 6) is 3.16. The molecule has 27 heavy (non-hydrogen) atoms. The lowest BCUT2D eigenvalue weighted by Gasteiger charge is -2.54. The van der Waals surface area contributed by atoms with Crippen LogP contribution in [0.5, 0.6) is 0 Å². The molecular formula is C19H26ClN5O2. The van der Waals surface area contributed by atoms with Gasteiger partial charge in [0.05, 0.1) is 11.9 Å². The van der Waals surface area contributed by atoms with Gasteiger partial charge in [0.1, 0.15) is 5.02 Å². The maximum absolute atomic E-state index is 12.6. The summed E-state index contributed by atoms with van der Waals surface area (Å²) in [7, 11) is 0. The SMILES string of the molecule is O=C(NC1CCN(c2cn[nH]c(=O)c2Cl)C1)NC1C2CC3CC(C2)CC1C3. The maximum Gasteiger partial charge on any atom is 0.315 e. The molecule has 1 atom stereocenters. The summed E-state index contributed by atoms with van der Waals surface area (Å²) in [5.41, 5.74) is 0.247. The van der Waals surface area contributed by atoms with Gasteiger partial charge in [-0.15, -0.1) is 0 Å². The summed E-state index contributed by atoms with van der Waals surface area (Å²) in [4.78, 5) is 26.3. The van der Waals surface area contributed by atoms with Gasteiger partial charge >= 0.3 is 6.03 Å². The molecule has 0 spiro atoms. The average Bonchev–Trinajstić information content (AvgIpc) is 3.08.